The number of rotatable bonds is 5. The van der Waals surface area contributed by atoms with Gasteiger partial charge in [0.2, 0.25) is 0 Å². The number of nitrogens with one attached hydrogen (secondary N) is 1. The summed E-state index contributed by atoms with van der Waals surface area (Å²) in [6, 6.07) is 6.98. The second-order valence-corrected chi connectivity index (χ2v) is 4.12. The van der Waals surface area contributed by atoms with Crippen LogP contribution >= 0.6 is 0 Å². The lowest BCUT2D eigenvalue weighted by Crippen LogP contribution is -2.44. The van der Waals surface area contributed by atoms with E-state index in [0.717, 1.165) is 11.3 Å². The highest BCUT2D eigenvalue weighted by Gasteiger charge is 2.18. The number of aryl methyl sites for hydroxylation is 1. The van der Waals surface area contributed by atoms with Crippen LogP contribution in [0.3, 0.4) is 0 Å². The van der Waals surface area contributed by atoms with Gasteiger partial charge >= 0.3 is 12.0 Å². The molecule has 0 heterocycles. The van der Waals surface area contributed by atoms with Crippen molar-refractivity contribution in [2.24, 2.45) is 0 Å². The van der Waals surface area contributed by atoms with Gasteiger partial charge in [-0.15, -0.1) is 0 Å². The molecule has 0 saturated carbocycles. The Labute approximate surface area is 111 Å². The number of carboxylic acid groups (broad SMARTS) is 1. The molecule has 0 aliphatic carbocycles. The zero-order valence-corrected chi connectivity index (χ0v) is 11.0. The van der Waals surface area contributed by atoms with Gasteiger partial charge in [-0.1, -0.05) is 12.1 Å². The number of benzene rings is 1. The highest BCUT2D eigenvalue weighted by molar-refractivity contribution is 5.92. The zero-order valence-electron chi connectivity index (χ0n) is 11.0. The molecule has 1 rings (SSSR count). The van der Waals surface area contributed by atoms with E-state index in [2.05, 4.69) is 5.32 Å². The highest BCUT2D eigenvalue weighted by atomic mass is 16.4. The molecular formula is C13H18N2O4. The summed E-state index contributed by atoms with van der Waals surface area (Å²) in [5.41, 5.74) is 1.75. The number of amides is 2. The Kier molecular flexibility index (Phi) is 5.32. The molecule has 6 heteroatoms. The summed E-state index contributed by atoms with van der Waals surface area (Å²) in [6.45, 7) is 3.86. The number of aliphatic carboxylic acids is 1. The number of anilines is 1. The first-order valence-electron chi connectivity index (χ1n) is 5.98. The third-order valence-corrected chi connectivity index (χ3v) is 2.61. The van der Waals surface area contributed by atoms with E-state index >= 15 is 0 Å². The SMILES string of the molecule is CCN(C(=O)NC[C@H](O)C(=O)O)c1cccc(C)c1. The third kappa shape index (κ3) is 4.26. The van der Waals surface area contributed by atoms with Gasteiger partial charge in [0.05, 0.1) is 6.54 Å². The van der Waals surface area contributed by atoms with Crippen LogP contribution in [0.2, 0.25) is 0 Å². The molecule has 0 fully saturated rings. The van der Waals surface area contributed by atoms with Crippen molar-refractivity contribution in [2.75, 3.05) is 18.0 Å². The maximum Gasteiger partial charge on any atom is 0.334 e. The molecule has 0 spiro atoms. The molecule has 0 aliphatic heterocycles. The van der Waals surface area contributed by atoms with Crippen LogP contribution in [0.25, 0.3) is 0 Å². The lowest BCUT2D eigenvalue weighted by molar-refractivity contribution is -0.146. The van der Waals surface area contributed by atoms with Gasteiger partial charge < -0.3 is 15.5 Å². The molecule has 1 atom stereocenters. The van der Waals surface area contributed by atoms with Crippen molar-refractivity contribution in [1.82, 2.24) is 5.32 Å². The van der Waals surface area contributed by atoms with E-state index in [4.69, 9.17) is 10.2 Å². The number of carboxylic acids is 1. The molecular weight excluding hydrogens is 248 g/mol. The predicted octanol–water partition coefficient (Wildman–Crippen LogP) is 0.976. The van der Waals surface area contributed by atoms with Crippen LogP contribution in [0.5, 0.6) is 0 Å². The normalized spacial score (nSPS) is 11.7. The van der Waals surface area contributed by atoms with Crippen molar-refractivity contribution in [3.63, 3.8) is 0 Å². The van der Waals surface area contributed by atoms with Crippen LogP contribution in [0, 0.1) is 6.92 Å². The Morgan fingerprint density at radius 3 is 2.63 bits per heavy atom. The minimum absolute atomic E-state index is 0.323. The van der Waals surface area contributed by atoms with Crippen molar-refractivity contribution in [1.29, 1.82) is 0 Å². The maximum atomic E-state index is 11.9. The second kappa shape index (κ2) is 6.75. The first-order valence-corrected chi connectivity index (χ1v) is 5.98. The largest absolute Gasteiger partial charge is 0.479 e. The Hall–Kier alpha value is -2.08. The van der Waals surface area contributed by atoms with E-state index in [-0.39, 0.29) is 6.54 Å². The average Bonchev–Trinajstić information content (AvgIpc) is 2.36. The Morgan fingerprint density at radius 1 is 1.42 bits per heavy atom. The summed E-state index contributed by atoms with van der Waals surface area (Å²) in [5, 5.41) is 20.0. The first-order chi connectivity index (χ1) is 8.95. The quantitative estimate of drug-likeness (QED) is 0.741. The molecule has 2 amide bonds. The number of hydrogen-bond acceptors (Lipinski definition) is 3. The summed E-state index contributed by atoms with van der Waals surface area (Å²) in [5.74, 6) is -1.36. The van der Waals surface area contributed by atoms with E-state index in [1.54, 1.807) is 6.07 Å². The van der Waals surface area contributed by atoms with E-state index in [1.165, 1.54) is 4.90 Å². The van der Waals surface area contributed by atoms with Gasteiger partial charge in [0.15, 0.2) is 6.10 Å². The lowest BCUT2D eigenvalue weighted by atomic mass is 10.2. The summed E-state index contributed by atoms with van der Waals surface area (Å²) in [7, 11) is 0. The van der Waals surface area contributed by atoms with Crippen LogP contribution in [0.1, 0.15) is 12.5 Å². The molecule has 0 radical (unpaired) electrons. The van der Waals surface area contributed by atoms with Crippen molar-refractivity contribution >= 4 is 17.7 Å². The van der Waals surface area contributed by atoms with Gasteiger partial charge in [0, 0.05) is 12.2 Å². The number of aliphatic hydroxyl groups excluding tert-OH is 1. The number of carbonyl (C=O) groups excluding carboxylic acids is 1. The average molecular weight is 266 g/mol. The highest BCUT2D eigenvalue weighted by Crippen LogP contribution is 2.15. The van der Waals surface area contributed by atoms with Crippen molar-refractivity contribution < 1.29 is 19.8 Å². The molecule has 19 heavy (non-hydrogen) atoms. The van der Waals surface area contributed by atoms with Gasteiger partial charge in [-0.05, 0) is 31.5 Å². The van der Waals surface area contributed by atoms with Gasteiger partial charge in [-0.2, -0.15) is 0 Å². The summed E-state index contributed by atoms with van der Waals surface area (Å²) in [6.07, 6.45) is -1.60. The third-order valence-electron chi connectivity index (χ3n) is 2.61. The van der Waals surface area contributed by atoms with Crippen LogP contribution in [0.4, 0.5) is 10.5 Å². The topological polar surface area (TPSA) is 89.9 Å². The molecule has 3 N–H and O–H groups in total. The zero-order chi connectivity index (χ0) is 14.4. The number of urea groups is 1. The van der Waals surface area contributed by atoms with Gasteiger partial charge in [-0.3, -0.25) is 4.90 Å². The van der Waals surface area contributed by atoms with E-state index in [0.29, 0.717) is 6.54 Å². The van der Waals surface area contributed by atoms with Gasteiger partial charge in [0.1, 0.15) is 0 Å². The molecule has 1 aromatic carbocycles. The summed E-state index contributed by atoms with van der Waals surface area (Å²) < 4.78 is 0. The Morgan fingerprint density at radius 2 is 2.11 bits per heavy atom. The standard InChI is InChI=1S/C13H18N2O4/c1-3-15(10-6-4-5-9(2)7-10)13(19)14-8-11(16)12(17)18/h4-7,11,16H,3,8H2,1-2H3,(H,14,19)(H,17,18)/t11-/m0/s1. The minimum Gasteiger partial charge on any atom is -0.479 e. The van der Waals surface area contributed by atoms with Crippen molar-refractivity contribution in [2.45, 2.75) is 20.0 Å². The smallest absolute Gasteiger partial charge is 0.334 e. The van der Waals surface area contributed by atoms with E-state index in [9.17, 15) is 9.59 Å². The number of carbonyl (C=O) groups is 2. The fraction of sp³-hybridized carbons (Fsp3) is 0.385. The van der Waals surface area contributed by atoms with Crippen molar-refractivity contribution in [3.05, 3.63) is 29.8 Å². The van der Waals surface area contributed by atoms with E-state index in [1.807, 2.05) is 32.0 Å². The fourth-order valence-corrected chi connectivity index (χ4v) is 1.61. The van der Waals surface area contributed by atoms with Crippen molar-refractivity contribution in [3.8, 4) is 0 Å². The number of hydrogen-bond donors (Lipinski definition) is 3. The second-order valence-electron chi connectivity index (χ2n) is 4.12. The molecule has 6 nitrogen and oxygen atoms in total. The van der Waals surface area contributed by atoms with Gasteiger partial charge in [0.25, 0.3) is 0 Å². The van der Waals surface area contributed by atoms with Crippen LogP contribution in [0.15, 0.2) is 24.3 Å². The molecule has 0 unspecified atom stereocenters. The molecule has 0 aliphatic rings. The Bertz CT molecular complexity index is 462. The summed E-state index contributed by atoms with van der Waals surface area (Å²) >= 11 is 0. The molecule has 0 aromatic heterocycles. The Balaban J connectivity index is 2.70. The lowest BCUT2D eigenvalue weighted by Gasteiger charge is -2.22. The van der Waals surface area contributed by atoms with Crippen LogP contribution in [-0.4, -0.2) is 41.4 Å². The monoisotopic (exact) mass is 266 g/mol. The fourth-order valence-electron chi connectivity index (χ4n) is 1.61. The van der Waals surface area contributed by atoms with Crippen LogP contribution in [-0.2, 0) is 4.79 Å². The summed E-state index contributed by atoms with van der Waals surface area (Å²) in [4.78, 5) is 23.8. The minimum atomic E-state index is -1.60. The van der Waals surface area contributed by atoms with Gasteiger partial charge in [-0.25, -0.2) is 9.59 Å². The maximum absolute atomic E-state index is 11.9. The molecule has 1 aromatic rings. The molecule has 104 valence electrons. The first kappa shape index (κ1) is 15.0. The van der Waals surface area contributed by atoms with Crippen LogP contribution < -0.4 is 10.2 Å². The predicted molar refractivity (Wildman–Crippen MR) is 71.2 cm³/mol. The molecule has 0 bridgehead atoms. The number of aliphatic hydroxyl groups is 1. The molecule has 0 saturated heterocycles. The van der Waals surface area contributed by atoms with E-state index < -0.39 is 18.1 Å². The number of nitrogens with zero attached hydrogens (tertiary/aromatic N) is 1.